The smallest absolute Gasteiger partial charge is 0.239 e. The standard InChI is InChI=1S/C16H19N3O3S/c1-3-22-13-6-4-11(5-7-13)16-19-12(9-23-16)8-14(20)18-10(2)15(17)21/h4-7,9-10H,3,8H2,1-2H3,(H2,17,21)(H,18,20)/t10-/m0/s1. The first-order valence-corrected chi connectivity index (χ1v) is 8.14. The molecule has 0 fully saturated rings. The Balaban J connectivity index is 2.00. The molecule has 1 heterocycles. The maximum atomic E-state index is 11.8. The third-order valence-electron chi connectivity index (χ3n) is 3.11. The number of carbonyl (C=O) groups excluding carboxylic acids is 2. The minimum absolute atomic E-state index is 0.116. The first kappa shape index (κ1) is 17.0. The van der Waals surface area contributed by atoms with Crippen LogP contribution < -0.4 is 15.8 Å². The van der Waals surface area contributed by atoms with Gasteiger partial charge in [-0.3, -0.25) is 9.59 Å². The number of ether oxygens (including phenoxy) is 1. The summed E-state index contributed by atoms with van der Waals surface area (Å²) >= 11 is 1.47. The van der Waals surface area contributed by atoms with Crippen molar-refractivity contribution in [2.24, 2.45) is 5.73 Å². The van der Waals surface area contributed by atoms with Crippen molar-refractivity contribution >= 4 is 23.2 Å². The molecule has 122 valence electrons. The predicted octanol–water partition coefficient (Wildman–Crippen LogP) is 1.74. The van der Waals surface area contributed by atoms with Crippen LogP contribution in [0.2, 0.25) is 0 Å². The highest BCUT2D eigenvalue weighted by atomic mass is 32.1. The predicted molar refractivity (Wildman–Crippen MR) is 89.2 cm³/mol. The minimum Gasteiger partial charge on any atom is -0.494 e. The number of benzene rings is 1. The summed E-state index contributed by atoms with van der Waals surface area (Å²) in [4.78, 5) is 27.2. The van der Waals surface area contributed by atoms with Crippen LogP contribution in [0.4, 0.5) is 0 Å². The Hall–Kier alpha value is -2.41. The number of nitrogens with one attached hydrogen (secondary N) is 1. The third-order valence-corrected chi connectivity index (χ3v) is 4.05. The maximum Gasteiger partial charge on any atom is 0.239 e. The average Bonchev–Trinajstić information content (AvgIpc) is 2.96. The van der Waals surface area contributed by atoms with E-state index in [2.05, 4.69) is 10.3 Å². The van der Waals surface area contributed by atoms with Crippen molar-refractivity contribution in [2.45, 2.75) is 26.3 Å². The molecule has 2 amide bonds. The summed E-state index contributed by atoms with van der Waals surface area (Å²) in [7, 11) is 0. The van der Waals surface area contributed by atoms with Gasteiger partial charge in [0.15, 0.2) is 0 Å². The quantitative estimate of drug-likeness (QED) is 0.807. The van der Waals surface area contributed by atoms with Crippen LogP contribution in [0.15, 0.2) is 29.6 Å². The molecule has 0 aliphatic heterocycles. The molecule has 0 aliphatic rings. The molecule has 0 aliphatic carbocycles. The van der Waals surface area contributed by atoms with Crippen molar-refractivity contribution in [1.82, 2.24) is 10.3 Å². The Morgan fingerprint density at radius 2 is 2.04 bits per heavy atom. The van der Waals surface area contributed by atoms with Gasteiger partial charge >= 0.3 is 0 Å². The molecule has 1 aromatic carbocycles. The van der Waals surface area contributed by atoms with Gasteiger partial charge in [0.25, 0.3) is 0 Å². The van der Waals surface area contributed by atoms with Crippen molar-refractivity contribution in [1.29, 1.82) is 0 Å². The van der Waals surface area contributed by atoms with E-state index in [0.717, 1.165) is 16.3 Å². The lowest BCUT2D eigenvalue weighted by atomic mass is 10.2. The highest BCUT2D eigenvalue weighted by molar-refractivity contribution is 7.13. The van der Waals surface area contributed by atoms with E-state index in [-0.39, 0.29) is 12.3 Å². The van der Waals surface area contributed by atoms with E-state index in [0.29, 0.717) is 12.3 Å². The first-order valence-electron chi connectivity index (χ1n) is 7.26. The van der Waals surface area contributed by atoms with Crippen LogP contribution in [0.5, 0.6) is 5.75 Å². The summed E-state index contributed by atoms with van der Waals surface area (Å²) in [5, 5.41) is 5.20. The van der Waals surface area contributed by atoms with Crippen LogP contribution in [-0.2, 0) is 16.0 Å². The lowest BCUT2D eigenvalue weighted by molar-refractivity contribution is -0.126. The summed E-state index contributed by atoms with van der Waals surface area (Å²) in [6.07, 6.45) is 0.116. The van der Waals surface area contributed by atoms with E-state index in [1.54, 1.807) is 6.92 Å². The van der Waals surface area contributed by atoms with E-state index in [1.165, 1.54) is 11.3 Å². The Morgan fingerprint density at radius 1 is 1.35 bits per heavy atom. The molecule has 0 saturated carbocycles. The van der Waals surface area contributed by atoms with Gasteiger partial charge < -0.3 is 15.8 Å². The molecule has 0 bridgehead atoms. The number of primary amides is 1. The van der Waals surface area contributed by atoms with Crippen molar-refractivity contribution in [2.75, 3.05) is 6.61 Å². The van der Waals surface area contributed by atoms with Gasteiger partial charge in [-0.15, -0.1) is 11.3 Å². The number of hydrogen-bond acceptors (Lipinski definition) is 5. The largest absolute Gasteiger partial charge is 0.494 e. The monoisotopic (exact) mass is 333 g/mol. The molecule has 2 rings (SSSR count). The molecule has 0 radical (unpaired) electrons. The molecule has 2 aromatic rings. The van der Waals surface area contributed by atoms with E-state index in [9.17, 15) is 9.59 Å². The molecule has 23 heavy (non-hydrogen) atoms. The van der Waals surface area contributed by atoms with Gasteiger partial charge in [0, 0.05) is 10.9 Å². The maximum absolute atomic E-state index is 11.8. The van der Waals surface area contributed by atoms with Crippen LogP contribution in [0.1, 0.15) is 19.5 Å². The summed E-state index contributed by atoms with van der Waals surface area (Å²) < 4.78 is 5.40. The fourth-order valence-corrected chi connectivity index (χ4v) is 2.74. The molecule has 7 heteroatoms. The third kappa shape index (κ3) is 4.79. The Kier molecular flexibility index (Phi) is 5.70. The summed E-state index contributed by atoms with van der Waals surface area (Å²) in [6.45, 7) is 4.11. The fraction of sp³-hybridized carbons (Fsp3) is 0.312. The average molecular weight is 333 g/mol. The molecule has 1 aromatic heterocycles. The van der Waals surface area contributed by atoms with Gasteiger partial charge in [0.05, 0.1) is 18.7 Å². The van der Waals surface area contributed by atoms with Crippen molar-refractivity contribution in [3.05, 3.63) is 35.3 Å². The number of thiazole rings is 1. The molecule has 1 atom stereocenters. The van der Waals surface area contributed by atoms with Gasteiger partial charge in [-0.05, 0) is 38.1 Å². The van der Waals surface area contributed by atoms with Crippen LogP contribution in [-0.4, -0.2) is 29.4 Å². The van der Waals surface area contributed by atoms with Gasteiger partial charge in [-0.25, -0.2) is 4.98 Å². The summed E-state index contributed by atoms with van der Waals surface area (Å²) in [5.74, 6) is -0.0283. The molecular formula is C16H19N3O3S. The number of aromatic nitrogens is 1. The molecule has 0 spiro atoms. The first-order chi connectivity index (χ1) is 11.0. The molecule has 3 N–H and O–H groups in total. The number of amides is 2. The molecular weight excluding hydrogens is 314 g/mol. The lowest BCUT2D eigenvalue weighted by Crippen LogP contribution is -2.42. The topological polar surface area (TPSA) is 94.3 Å². The second kappa shape index (κ2) is 7.73. The normalized spacial score (nSPS) is 11.7. The lowest BCUT2D eigenvalue weighted by Gasteiger charge is -2.08. The highest BCUT2D eigenvalue weighted by Crippen LogP contribution is 2.25. The number of rotatable bonds is 7. The van der Waals surface area contributed by atoms with E-state index >= 15 is 0 Å². The van der Waals surface area contributed by atoms with Gasteiger partial charge in [-0.2, -0.15) is 0 Å². The molecule has 0 saturated heterocycles. The zero-order chi connectivity index (χ0) is 16.8. The number of carbonyl (C=O) groups is 2. The van der Waals surface area contributed by atoms with Crippen molar-refractivity contribution in [3.8, 4) is 16.3 Å². The zero-order valence-electron chi connectivity index (χ0n) is 13.0. The van der Waals surface area contributed by atoms with Gasteiger partial charge in [0.2, 0.25) is 11.8 Å². The van der Waals surface area contributed by atoms with Gasteiger partial charge in [-0.1, -0.05) is 0 Å². The number of hydrogen-bond donors (Lipinski definition) is 2. The molecule has 6 nitrogen and oxygen atoms in total. The zero-order valence-corrected chi connectivity index (χ0v) is 13.9. The number of nitrogens with two attached hydrogens (primary N) is 1. The second-order valence-corrected chi connectivity index (χ2v) is 5.83. The van der Waals surface area contributed by atoms with Gasteiger partial charge in [0.1, 0.15) is 16.8 Å². The Bertz CT molecular complexity index is 682. The Labute approximate surface area is 138 Å². The summed E-state index contributed by atoms with van der Waals surface area (Å²) in [6, 6.07) is 6.96. The SMILES string of the molecule is CCOc1ccc(-c2nc(CC(=O)N[C@@H](C)C(N)=O)cs2)cc1. The van der Waals surface area contributed by atoms with Crippen LogP contribution in [0, 0.1) is 0 Å². The van der Waals surface area contributed by atoms with E-state index < -0.39 is 11.9 Å². The van der Waals surface area contributed by atoms with Crippen LogP contribution >= 0.6 is 11.3 Å². The van der Waals surface area contributed by atoms with E-state index in [1.807, 2.05) is 36.6 Å². The van der Waals surface area contributed by atoms with Crippen LogP contribution in [0.3, 0.4) is 0 Å². The fourth-order valence-electron chi connectivity index (χ4n) is 1.91. The number of nitrogens with zero attached hydrogens (tertiary/aromatic N) is 1. The Morgan fingerprint density at radius 3 is 2.65 bits per heavy atom. The van der Waals surface area contributed by atoms with E-state index in [4.69, 9.17) is 10.5 Å². The second-order valence-electron chi connectivity index (χ2n) is 4.97. The van der Waals surface area contributed by atoms with Crippen molar-refractivity contribution < 1.29 is 14.3 Å². The molecule has 0 unspecified atom stereocenters. The minimum atomic E-state index is -0.688. The van der Waals surface area contributed by atoms with Crippen molar-refractivity contribution in [3.63, 3.8) is 0 Å². The van der Waals surface area contributed by atoms with Crippen LogP contribution in [0.25, 0.3) is 10.6 Å². The summed E-state index contributed by atoms with van der Waals surface area (Å²) in [5.41, 5.74) is 6.74. The highest BCUT2D eigenvalue weighted by Gasteiger charge is 2.14.